The summed E-state index contributed by atoms with van der Waals surface area (Å²) in [7, 11) is 0. The zero-order chi connectivity index (χ0) is 12.1. The van der Waals surface area contributed by atoms with Crippen molar-refractivity contribution < 1.29 is 4.39 Å². The second-order valence-corrected chi connectivity index (χ2v) is 5.10. The van der Waals surface area contributed by atoms with Crippen LogP contribution in [0.15, 0.2) is 18.2 Å². The predicted molar refractivity (Wildman–Crippen MR) is 69.7 cm³/mol. The third-order valence-corrected chi connectivity index (χ3v) is 3.58. The minimum Gasteiger partial charge on any atom is -0.303 e. The number of aryl methyl sites for hydroxylation is 2. The van der Waals surface area contributed by atoms with Crippen LogP contribution in [0.5, 0.6) is 0 Å². The van der Waals surface area contributed by atoms with Crippen LogP contribution >= 0.6 is 0 Å². The molecule has 1 aromatic carbocycles. The zero-order valence-electron chi connectivity index (χ0n) is 10.7. The first kappa shape index (κ1) is 12.6. The average molecular weight is 235 g/mol. The van der Waals surface area contributed by atoms with Gasteiger partial charge in [-0.1, -0.05) is 18.6 Å². The van der Waals surface area contributed by atoms with Gasteiger partial charge in [0.1, 0.15) is 5.82 Å². The third-order valence-electron chi connectivity index (χ3n) is 3.58. The summed E-state index contributed by atoms with van der Waals surface area (Å²) in [4.78, 5) is 2.51. The molecule has 0 aromatic heterocycles. The van der Waals surface area contributed by atoms with Crippen molar-refractivity contribution in [3.05, 3.63) is 35.1 Å². The highest BCUT2D eigenvalue weighted by atomic mass is 19.1. The second-order valence-electron chi connectivity index (χ2n) is 5.10. The molecule has 94 valence electrons. The van der Waals surface area contributed by atoms with E-state index in [0.29, 0.717) is 0 Å². The molecular weight excluding hydrogens is 213 g/mol. The smallest absolute Gasteiger partial charge is 0.126 e. The van der Waals surface area contributed by atoms with Gasteiger partial charge in [0.2, 0.25) is 0 Å². The fourth-order valence-electron chi connectivity index (χ4n) is 2.53. The molecule has 1 aromatic rings. The van der Waals surface area contributed by atoms with Gasteiger partial charge in [-0.15, -0.1) is 0 Å². The second kappa shape index (κ2) is 6.15. The number of hydrogen-bond acceptors (Lipinski definition) is 1. The maximum atomic E-state index is 13.6. The Hall–Kier alpha value is -0.890. The Morgan fingerprint density at radius 1 is 1.18 bits per heavy atom. The molecule has 0 atom stereocenters. The van der Waals surface area contributed by atoms with E-state index in [2.05, 4.69) is 4.90 Å². The van der Waals surface area contributed by atoms with E-state index in [1.165, 1.54) is 32.4 Å². The SMILES string of the molecule is Cc1ccc(CCCN2CCCCC2)c(F)c1. The average Bonchev–Trinajstić information content (AvgIpc) is 2.33. The van der Waals surface area contributed by atoms with Gasteiger partial charge in [0.15, 0.2) is 0 Å². The number of rotatable bonds is 4. The molecular formula is C15H22FN. The quantitative estimate of drug-likeness (QED) is 0.771. The van der Waals surface area contributed by atoms with Crippen LogP contribution < -0.4 is 0 Å². The Kier molecular flexibility index (Phi) is 4.55. The molecule has 0 bridgehead atoms. The number of hydrogen-bond donors (Lipinski definition) is 0. The first-order valence-electron chi connectivity index (χ1n) is 6.73. The Balaban J connectivity index is 1.77. The van der Waals surface area contributed by atoms with E-state index in [1.54, 1.807) is 6.07 Å². The van der Waals surface area contributed by atoms with Crippen molar-refractivity contribution >= 4 is 0 Å². The molecule has 2 heteroatoms. The molecule has 1 saturated heterocycles. The molecule has 0 aliphatic carbocycles. The summed E-state index contributed by atoms with van der Waals surface area (Å²) < 4.78 is 13.6. The lowest BCUT2D eigenvalue weighted by atomic mass is 10.1. The zero-order valence-corrected chi connectivity index (χ0v) is 10.7. The molecule has 1 heterocycles. The first-order chi connectivity index (χ1) is 8.25. The highest BCUT2D eigenvalue weighted by Crippen LogP contribution is 2.13. The van der Waals surface area contributed by atoms with Crippen molar-refractivity contribution in [1.82, 2.24) is 4.90 Å². The van der Waals surface area contributed by atoms with Gasteiger partial charge < -0.3 is 4.90 Å². The Morgan fingerprint density at radius 3 is 2.65 bits per heavy atom. The van der Waals surface area contributed by atoms with E-state index in [1.807, 2.05) is 19.1 Å². The summed E-state index contributed by atoms with van der Waals surface area (Å²) in [6, 6.07) is 5.57. The van der Waals surface area contributed by atoms with Gasteiger partial charge in [-0.25, -0.2) is 4.39 Å². The van der Waals surface area contributed by atoms with Crippen molar-refractivity contribution in [3.63, 3.8) is 0 Å². The lowest BCUT2D eigenvalue weighted by Gasteiger charge is -2.26. The van der Waals surface area contributed by atoms with E-state index in [9.17, 15) is 4.39 Å². The normalized spacial score (nSPS) is 17.3. The van der Waals surface area contributed by atoms with Crippen LogP contribution in [0.3, 0.4) is 0 Å². The van der Waals surface area contributed by atoms with Crippen LogP contribution in [-0.2, 0) is 6.42 Å². The fraction of sp³-hybridized carbons (Fsp3) is 0.600. The summed E-state index contributed by atoms with van der Waals surface area (Å²) in [5.74, 6) is -0.0383. The van der Waals surface area contributed by atoms with Crippen molar-refractivity contribution in [3.8, 4) is 0 Å². The van der Waals surface area contributed by atoms with Crippen LogP contribution in [-0.4, -0.2) is 24.5 Å². The molecule has 0 radical (unpaired) electrons. The molecule has 2 rings (SSSR count). The van der Waals surface area contributed by atoms with Gasteiger partial charge in [-0.2, -0.15) is 0 Å². The van der Waals surface area contributed by atoms with E-state index < -0.39 is 0 Å². The molecule has 0 saturated carbocycles. The van der Waals surface area contributed by atoms with Crippen LogP contribution in [0.25, 0.3) is 0 Å². The largest absolute Gasteiger partial charge is 0.303 e. The minimum absolute atomic E-state index is 0.0383. The number of halogens is 1. The highest BCUT2D eigenvalue weighted by molar-refractivity contribution is 5.23. The van der Waals surface area contributed by atoms with Crippen LogP contribution in [0.1, 0.15) is 36.8 Å². The number of benzene rings is 1. The topological polar surface area (TPSA) is 3.24 Å². The lowest BCUT2D eigenvalue weighted by Crippen LogP contribution is -2.30. The van der Waals surface area contributed by atoms with Gasteiger partial charge in [0, 0.05) is 0 Å². The summed E-state index contributed by atoms with van der Waals surface area (Å²) in [6.07, 6.45) is 5.98. The van der Waals surface area contributed by atoms with Gasteiger partial charge in [-0.3, -0.25) is 0 Å². The molecule has 1 nitrogen and oxygen atoms in total. The standard InChI is InChI=1S/C15H22FN/c1-13-7-8-14(15(16)12-13)6-5-11-17-9-3-2-4-10-17/h7-8,12H,2-6,9-11H2,1H3. The highest BCUT2D eigenvalue weighted by Gasteiger charge is 2.09. The van der Waals surface area contributed by atoms with E-state index in [-0.39, 0.29) is 5.82 Å². The Labute approximate surface area is 104 Å². The molecule has 1 aliphatic heterocycles. The lowest BCUT2D eigenvalue weighted by molar-refractivity contribution is 0.226. The van der Waals surface area contributed by atoms with Gasteiger partial charge in [0.25, 0.3) is 0 Å². The van der Waals surface area contributed by atoms with E-state index >= 15 is 0 Å². The maximum absolute atomic E-state index is 13.6. The minimum atomic E-state index is -0.0383. The molecule has 1 aliphatic rings. The van der Waals surface area contributed by atoms with E-state index in [4.69, 9.17) is 0 Å². The monoisotopic (exact) mass is 235 g/mol. The number of nitrogens with zero attached hydrogens (tertiary/aromatic N) is 1. The Bertz CT molecular complexity index is 356. The van der Waals surface area contributed by atoms with E-state index in [0.717, 1.165) is 30.5 Å². The molecule has 0 spiro atoms. The molecule has 0 unspecified atom stereocenters. The fourth-order valence-corrected chi connectivity index (χ4v) is 2.53. The predicted octanol–water partition coefficient (Wildman–Crippen LogP) is 3.55. The summed E-state index contributed by atoms with van der Waals surface area (Å²) >= 11 is 0. The molecule has 17 heavy (non-hydrogen) atoms. The van der Waals surface area contributed by atoms with Gasteiger partial charge in [-0.05, 0) is 69.4 Å². The third kappa shape index (κ3) is 3.81. The van der Waals surface area contributed by atoms with Gasteiger partial charge in [0.05, 0.1) is 0 Å². The van der Waals surface area contributed by atoms with Gasteiger partial charge >= 0.3 is 0 Å². The van der Waals surface area contributed by atoms with Crippen molar-refractivity contribution in [1.29, 1.82) is 0 Å². The summed E-state index contributed by atoms with van der Waals surface area (Å²) in [6.45, 7) is 5.51. The van der Waals surface area contributed by atoms with Crippen molar-refractivity contribution in [2.45, 2.75) is 39.0 Å². The maximum Gasteiger partial charge on any atom is 0.126 e. The summed E-state index contributed by atoms with van der Waals surface area (Å²) in [5, 5.41) is 0. The molecule has 0 N–H and O–H groups in total. The van der Waals surface area contributed by atoms with Crippen LogP contribution in [0.2, 0.25) is 0 Å². The Morgan fingerprint density at radius 2 is 1.94 bits per heavy atom. The molecule has 1 fully saturated rings. The van der Waals surface area contributed by atoms with Crippen molar-refractivity contribution in [2.24, 2.45) is 0 Å². The van der Waals surface area contributed by atoms with Crippen LogP contribution in [0.4, 0.5) is 4.39 Å². The summed E-state index contributed by atoms with van der Waals surface area (Å²) in [5.41, 5.74) is 1.87. The number of likely N-dealkylation sites (tertiary alicyclic amines) is 1. The van der Waals surface area contributed by atoms with Crippen molar-refractivity contribution in [2.75, 3.05) is 19.6 Å². The number of piperidine rings is 1. The van der Waals surface area contributed by atoms with Crippen LogP contribution in [0, 0.1) is 12.7 Å². The molecule has 0 amide bonds. The first-order valence-corrected chi connectivity index (χ1v) is 6.73.